The normalized spacial score (nSPS) is 22.4. The van der Waals surface area contributed by atoms with Gasteiger partial charge in [0.2, 0.25) is 5.95 Å². The Hall–Kier alpha value is -2.61. The van der Waals surface area contributed by atoms with E-state index in [1.165, 1.54) is 11.3 Å². The number of fused-ring (bicyclic) bond motifs is 1. The van der Waals surface area contributed by atoms with Crippen LogP contribution < -0.4 is 5.32 Å². The van der Waals surface area contributed by atoms with Gasteiger partial charge in [0.15, 0.2) is 0 Å². The van der Waals surface area contributed by atoms with Crippen molar-refractivity contribution in [3.63, 3.8) is 0 Å². The maximum Gasteiger partial charge on any atom is 0.410 e. The Kier molecular flexibility index (Phi) is 7.17. The molecular formula is C26H39N5O3. The molecule has 2 aromatic heterocycles. The van der Waals surface area contributed by atoms with E-state index >= 15 is 0 Å². The van der Waals surface area contributed by atoms with Crippen LogP contribution in [0.15, 0.2) is 18.3 Å². The molecule has 0 spiro atoms. The number of rotatable bonds is 5. The molecule has 2 aromatic rings. The second-order valence-corrected chi connectivity index (χ2v) is 10.7. The molecule has 0 saturated heterocycles. The molecule has 8 heteroatoms. The van der Waals surface area contributed by atoms with Crippen LogP contribution in [0.2, 0.25) is 0 Å². The fourth-order valence-corrected chi connectivity index (χ4v) is 4.73. The fraction of sp³-hybridized carbons (Fsp3) is 0.654. The minimum Gasteiger partial charge on any atom is -0.444 e. The van der Waals surface area contributed by atoms with Gasteiger partial charge in [-0.25, -0.2) is 14.3 Å². The summed E-state index contributed by atoms with van der Waals surface area (Å²) in [7, 11) is 0. The van der Waals surface area contributed by atoms with E-state index in [1.807, 2.05) is 27.0 Å². The third-order valence-electron chi connectivity index (χ3n) is 6.85. The van der Waals surface area contributed by atoms with E-state index in [0.29, 0.717) is 31.0 Å². The molecule has 3 heterocycles. The number of hydrogen-bond donors (Lipinski definition) is 2. The average Bonchev–Trinajstić information content (AvgIpc) is 3.17. The van der Waals surface area contributed by atoms with Gasteiger partial charge in [-0.15, -0.1) is 5.10 Å². The largest absolute Gasteiger partial charge is 0.444 e. The zero-order chi connectivity index (χ0) is 24.5. The Morgan fingerprint density at radius 1 is 1.29 bits per heavy atom. The number of aliphatic hydroxyl groups is 1. The monoisotopic (exact) mass is 469 g/mol. The first-order chi connectivity index (χ1) is 16.1. The van der Waals surface area contributed by atoms with Crippen molar-refractivity contribution in [3.05, 3.63) is 29.6 Å². The van der Waals surface area contributed by atoms with E-state index in [-0.39, 0.29) is 12.2 Å². The van der Waals surface area contributed by atoms with E-state index in [2.05, 4.69) is 40.8 Å². The van der Waals surface area contributed by atoms with Gasteiger partial charge in [-0.2, -0.15) is 0 Å². The number of nitrogens with one attached hydrogen (secondary N) is 1. The molecule has 1 aliphatic heterocycles. The van der Waals surface area contributed by atoms with Gasteiger partial charge < -0.3 is 20.1 Å². The van der Waals surface area contributed by atoms with Crippen molar-refractivity contribution < 1.29 is 14.6 Å². The lowest BCUT2D eigenvalue weighted by Crippen LogP contribution is -2.39. The van der Waals surface area contributed by atoms with Gasteiger partial charge >= 0.3 is 6.09 Å². The molecule has 8 nitrogen and oxygen atoms in total. The molecule has 1 fully saturated rings. The van der Waals surface area contributed by atoms with E-state index in [4.69, 9.17) is 9.84 Å². The summed E-state index contributed by atoms with van der Waals surface area (Å²) in [6.45, 7) is 11.1. The first-order valence-corrected chi connectivity index (χ1v) is 12.6. The second kappa shape index (κ2) is 9.94. The van der Waals surface area contributed by atoms with Crippen molar-refractivity contribution in [1.82, 2.24) is 19.5 Å². The van der Waals surface area contributed by atoms with Crippen LogP contribution in [0.5, 0.6) is 0 Å². The van der Waals surface area contributed by atoms with Crippen LogP contribution >= 0.6 is 0 Å². The molecular weight excluding hydrogens is 430 g/mol. The van der Waals surface area contributed by atoms with Crippen molar-refractivity contribution in [1.29, 1.82) is 0 Å². The average molecular weight is 470 g/mol. The SMILES string of the molecule is CC[C@H](C)Nc1ncc2c(C3=CCN(C(=O)OC(C)(C)C)CC3)cc(C3CCC(O)CC3)n2n1. The molecule has 1 saturated carbocycles. The van der Waals surface area contributed by atoms with Crippen molar-refractivity contribution in [2.75, 3.05) is 18.4 Å². The number of ether oxygens (including phenoxy) is 1. The van der Waals surface area contributed by atoms with Crippen molar-refractivity contribution in [2.45, 2.75) is 96.8 Å². The quantitative estimate of drug-likeness (QED) is 0.641. The third-order valence-corrected chi connectivity index (χ3v) is 6.85. The number of aromatic nitrogens is 3. The Morgan fingerprint density at radius 3 is 2.65 bits per heavy atom. The summed E-state index contributed by atoms with van der Waals surface area (Å²) < 4.78 is 7.59. The van der Waals surface area contributed by atoms with Crippen LogP contribution in [-0.4, -0.2) is 61.5 Å². The zero-order valence-electron chi connectivity index (χ0n) is 21.2. The minimum atomic E-state index is -0.500. The second-order valence-electron chi connectivity index (χ2n) is 10.7. The Bertz CT molecular complexity index is 1050. The smallest absolute Gasteiger partial charge is 0.410 e. The van der Waals surface area contributed by atoms with E-state index in [1.54, 1.807) is 4.90 Å². The van der Waals surface area contributed by atoms with Crippen LogP contribution in [-0.2, 0) is 4.74 Å². The first-order valence-electron chi connectivity index (χ1n) is 12.6. The van der Waals surface area contributed by atoms with Crippen LogP contribution in [0.3, 0.4) is 0 Å². The lowest BCUT2D eigenvalue weighted by atomic mass is 9.85. The number of carbonyl (C=O) groups excluding carboxylic acids is 1. The molecule has 0 radical (unpaired) electrons. The Labute approximate surface area is 202 Å². The van der Waals surface area contributed by atoms with E-state index in [9.17, 15) is 9.90 Å². The molecule has 1 amide bonds. The molecule has 0 aromatic carbocycles. The maximum atomic E-state index is 12.5. The van der Waals surface area contributed by atoms with Gasteiger partial charge in [-0.1, -0.05) is 13.0 Å². The summed E-state index contributed by atoms with van der Waals surface area (Å²) in [5.41, 5.74) is 4.03. The number of hydrogen-bond acceptors (Lipinski definition) is 6. The molecule has 0 unspecified atom stereocenters. The van der Waals surface area contributed by atoms with E-state index < -0.39 is 5.60 Å². The summed E-state index contributed by atoms with van der Waals surface area (Å²) >= 11 is 0. The van der Waals surface area contributed by atoms with E-state index in [0.717, 1.165) is 49.6 Å². The van der Waals surface area contributed by atoms with Crippen LogP contribution in [0.1, 0.15) is 90.3 Å². The Balaban J connectivity index is 1.64. The predicted octanol–water partition coefficient (Wildman–Crippen LogP) is 4.98. The van der Waals surface area contributed by atoms with Gasteiger partial charge in [0.25, 0.3) is 0 Å². The van der Waals surface area contributed by atoms with Crippen LogP contribution in [0, 0.1) is 0 Å². The predicted molar refractivity (Wildman–Crippen MR) is 134 cm³/mol. The summed E-state index contributed by atoms with van der Waals surface area (Å²) in [4.78, 5) is 18.8. The number of anilines is 1. The van der Waals surface area contributed by atoms with Crippen LogP contribution in [0.4, 0.5) is 10.7 Å². The number of nitrogens with zero attached hydrogens (tertiary/aromatic N) is 4. The van der Waals surface area contributed by atoms with Gasteiger partial charge in [-0.05, 0) is 77.9 Å². The van der Waals surface area contributed by atoms with Gasteiger partial charge in [0, 0.05) is 36.3 Å². The highest BCUT2D eigenvalue weighted by Gasteiger charge is 2.28. The molecule has 2 aliphatic rings. The number of aliphatic hydroxyl groups excluding tert-OH is 1. The van der Waals surface area contributed by atoms with Gasteiger partial charge in [0.1, 0.15) is 5.60 Å². The highest BCUT2D eigenvalue weighted by molar-refractivity contribution is 5.81. The summed E-state index contributed by atoms with van der Waals surface area (Å²) in [5.74, 6) is 0.994. The van der Waals surface area contributed by atoms with Crippen molar-refractivity contribution in [2.24, 2.45) is 0 Å². The molecule has 4 rings (SSSR count). The zero-order valence-corrected chi connectivity index (χ0v) is 21.2. The topological polar surface area (TPSA) is 92.0 Å². The molecule has 1 atom stereocenters. The van der Waals surface area contributed by atoms with Gasteiger partial charge in [-0.3, -0.25) is 0 Å². The highest BCUT2D eigenvalue weighted by Crippen LogP contribution is 2.37. The van der Waals surface area contributed by atoms with Gasteiger partial charge in [0.05, 0.1) is 17.8 Å². The number of amides is 1. The summed E-state index contributed by atoms with van der Waals surface area (Å²) in [5, 5.41) is 18.3. The third kappa shape index (κ3) is 5.54. The molecule has 0 bridgehead atoms. The van der Waals surface area contributed by atoms with Crippen molar-refractivity contribution in [3.8, 4) is 0 Å². The highest BCUT2D eigenvalue weighted by atomic mass is 16.6. The lowest BCUT2D eigenvalue weighted by Gasteiger charge is -2.29. The lowest BCUT2D eigenvalue weighted by molar-refractivity contribution is 0.0270. The Morgan fingerprint density at radius 2 is 2.03 bits per heavy atom. The van der Waals surface area contributed by atoms with Crippen LogP contribution in [0.25, 0.3) is 11.1 Å². The van der Waals surface area contributed by atoms with Crippen molar-refractivity contribution >= 4 is 23.1 Å². The first kappa shape index (κ1) is 24.5. The standard InChI is InChI=1S/C26H39N5O3/c1-6-17(2)28-24-27-16-23-21(15-22(31(23)29-24)19-7-9-20(32)10-8-19)18-11-13-30(14-12-18)25(33)34-26(3,4)5/h11,15-17,19-20,32H,6-10,12-14H2,1-5H3,(H,28,29)/t17-,19?,20?/m0/s1. The molecule has 186 valence electrons. The maximum absolute atomic E-state index is 12.5. The minimum absolute atomic E-state index is 0.195. The number of carbonyl (C=O) groups is 1. The molecule has 2 N–H and O–H groups in total. The molecule has 1 aliphatic carbocycles. The fourth-order valence-electron chi connectivity index (χ4n) is 4.73. The summed E-state index contributed by atoms with van der Waals surface area (Å²) in [6, 6.07) is 2.55. The molecule has 34 heavy (non-hydrogen) atoms. The summed E-state index contributed by atoms with van der Waals surface area (Å²) in [6.07, 6.45) is 8.88.